The van der Waals surface area contributed by atoms with Gasteiger partial charge in [-0.25, -0.2) is 0 Å². The van der Waals surface area contributed by atoms with E-state index in [9.17, 15) is 4.79 Å². The standard InChI is InChI=1S/C18H24N4OS/c1-13-8-7-9-14(2)22(13)16(23)12-24-18-20-19-17(21(18)3)15-10-5-4-6-11-15/h4-6,10-11,13-14H,7-9,12H2,1-3H3/t13-,14+. The fraction of sp³-hybridized carbons (Fsp3) is 0.500. The molecule has 1 aromatic heterocycles. The lowest BCUT2D eigenvalue weighted by molar-refractivity contribution is -0.134. The molecule has 1 aromatic carbocycles. The summed E-state index contributed by atoms with van der Waals surface area (Å²) in [7, 11) is 1.95. The maximum Gasteiger partial charge on any atom is 0.233 e. The molecule has 0 aliphatic carbocycles. The molecule has 0 N–H and O–H groups in total. The van der Waals surface area contributed by atoms with Crippen LogP contribution in [0.2, 0.25) is 0 Å². The number of carbonyl (C=O) groups excluding carboxylic acids is 1. The largest absolute Gasteiger partial charge is 0.337 e. The van der Waals surface area contributed by atoms with Gasteiger partial charge in [0.2, 0.25) is 5.91 Å². The first-order valence-corrected chi connectivity index (χ1v) is 9.45. The lowest BCUT2D eigenvalue weighted by Crippen LogP contribution is -2.48. The topological polar surface area (TPSA) is 51.0 Å². The van der Waals surface area contributed by atoms with Crippen molar-refractivity contribution in [3.8, 4) is 11.4 Å². The minimum atomic E-state index is 0.198. The first-order chi connectivity index (χ1) is 11.6. The smallest absolute Gasteiger partial charge is 0.233 e. The molecular weight excluding hydrogens is 320 g/mol. The van der Waals surface area contributed by atoms with E-state index in [4.69, 9.17) is 0 Å². The number of amides is 1. The lowest BCUT2D eigenvalue weighted by Gasteiger charge is -2.39. The molecule has 128 valence electrons. The Balaban J connectivity index is 1.67. The van der Waals surface area contributed by atoms with Crippen molar-refractivity contribution in [3.63, 3.8) is 0 Å². The highest BCUT2D eigenvalue weighted by molar-refractivity contribution is 7.99. The highest BCUT2D eigenvalue weighted by Crippen LogP contribution is 2.26. The number of thioether (sulfide) groups is 1. The van der Waals surface area contributed by atoms with Crippen LogP contribution >= 0.6 is 11.8 Å². The quantitative estimate of drug-likeness (QED) is 0.798. The lowest BCUT2D eigenvalue weighted by atomic mass is 9.98. The number of piperidine rings is 1. The molecule has 2 heterocycles. The van der Waals surface area contributed by atoms with Crippen LogP contribution in [0.25, 0.3) is 11.4 Å². The van der Waals surface area contributed by atoms with Crippen molar-refractivity contribution in [2.24, 2.45) is 7.05 Å². The number of nitrogens with zero attached hydrogens (tertiary/aromatic N) is 4. The Morgan fingerprint density at radius 2 is 1.83 bits per heavy atom. The zero-order valence-electron chi connectivity index (χ0n) is 14.5. The van der Waals surface area contributed by atoms with Gasteiger partial charge >= 0.3 is 0 Å². The molecule has 2 atom stereocenters. The van der Waals surface area contributed by atoms with Gasteiger partial charge in [-0.2, -0.15) is 0 Å². The molecule has 0 unspecified atom stereocenters. The van der Waals surface area contributed by atoms with Crippen LogP contribution in [0.5, 0.6) is 0 Å². The average molecular weight is 344 g/mol. The van der Waals surface area contributed by atoms with Gasteiger partial charge in [0.1, 0.15) is 0 Å². The molecule has 5 nitrogen and oxygen atoms in total. The van der Waals surface area contributed by atoms with Crippen molar-refractivity contribution in [3.05, 3.63) is 30.3 Å². The summed E-state index contributed by atoms with van der Waals surface area (Å²) in [5.41, 5.74) is 1.03. The molecule has 0 saturated carbocycles. The number of hydrogen-bond donors (Lipinski definition) is 0. The Hall–Kier alpha value is -1.82. The molecular formula is C18H24N4OS. The van der Waals surface area contributed by atoms with Gasteiger partial charge in [-0.15, -0.1) is 10.2 Å². The fourth-order valence-corrected chi connectivity index (χ4v) is 4.17. The summed E-state index contributed by atoms with van der Waals surface area (Å²) in [6, 6.07) is 10.7. The molecule has 3 rings (SSSR count). The monoisotopic (exact) mass is 344 g/mol. The SMILES string of the molecule is C[C@@H]1CCC[C@H](C)N1C(=O)CSc1nnc(-c2ccccc2)n1C. The predicted molar refractivity (Wildman–Crippen MR) is 96.8 cm³/mol. The molecule has 1 fully saturated rings. The van der Waals surface area contributed by atoms with Crippen LogP contribution in [-0.4, -0.2) is 43.4 Å². The van der Waals surface area contributed by atoms with E-state index in [1.54, 1.807) is 0 Å². The Morgan fingerprint density at radius 3 is 2.50 bits per heavy atom. The van der Waals surface area contributed by atoms with Crippen molar-refractivity contribution in [1.29, 1.82) is 0 Å². The van der Waals surface area contributed by atoms with Crippen molar-refractivity contribution in [2.75, 3.05) is 5.75 Å². The van der Waals surface area contributed by atoms with E-state index >= 15 is 0 Å². The van der Waals surface area contributed by atoms with Crippen LogP contribution in [0.3, 0.4) is 0 Å². The summed E-state index contributed by atoms with van der Waals surface area (Å²) in [6.45, 7) is 4.29. The summed E-state index contributed by atoms with van der Waals surface area (Å²) >= 11 is 1.47. The number of aromatic nitrogens is 3. The molecule has 1 amide bonds. The molecule has 2 aromatic rings. The van der Waals surface area contributed by atoms with Gasteiger partial charge in [0.25, 0.3) is 0 Å². The van der Waals surface area contributed by atoms with Crippen LogP contribution in [0, 0.1) is 0 Å². The number of hydrogen-bond acceptors (Lipinski definition) is 4. The zero-order valence-corrected chi connectivity index (χ0v) is 15.3. The molecule has 0 bridgehead atoms. The summed E-state index contributed by atoms with van der Waals surface area (Å²) in [6.07, 6.45) is 3.41. The molecule has 0 radical (unpaired) electrons. The van der Waals surface area contributed by atoms with E-state index in [0.29, 0.717) is 17.8 Å². The Bertz CT molecular complexity index is 690. The third kappa shape index (κ3) is 3.48. The van der Waals surface area contributed by atoms with Gasteiger partial charge in [-0.05, 0) is 33.1 Å². The van der Waals surface area contributed by atoms with E-state index < -0.39 is 0 Å². The van der Waals surface area contributed by atoms with Crippen LogP contribution in [0.4, 0.5) is 0 Å². The van der Waals surface area contributed by atoms with Crippen molar-refractivity contribution in [2.45, 2.75) is 50.4 Å². The van der Waals surface area contributed by atoms with E-state index in [1.165, 1.54) is 18.2 Å². The second-order valence-electron chi connectivity index (χ2n) is 6.45. The van der Waals surface area contributed by atoms with Crippen molar-refractivity contribution < 1.29 is 4.79 Å². The van der Waals surface area contributed by atoms with E-state index in [1.807, 2.05) is 46.8 Å². The minimum Gasteiger partial charge on any atom is -0.337 e. The number of likely N-dealkylation sites (tertiary alicyclic amines) is 1. The molecule has 6 heteroatoms. The highest BCUT2D eigenvalue weighted by atomic mass is 32.2. The van der Waals surface area contributed by atoms with E-state index in [0.717, 1.165) is 29.4 Å². The zero-order chi connectivity index (χ0) is 17.1. The van der Waals surface area contributed by atoms with Crippen LogP contribution in [-0.2, 0) is 11.8 Å². The van der Waals surface area contributed by atoms with E-state index in [2.05, 4.69) is 24.0 Å². The summed E-state index contributed by atoms with van der Waals surface area (Å²) < 4.78 is 1.95. The van der Waals surface area contributed by atoms with Crippen molar-refractivity contribution in [1.82, 2.24) is 19.7 Å². The summed E-state index contributed by atoms with van der Waals surface area (Å²) in [5, 5.41) is 9.30. The van der Waals surface area contributed by atoms with Crippen LogP contribution in [0.1, 0.15) is 33.1 Å². The first kappa shape index (κ1) is 17.0. The van der Waals surface area contributed by atoms with Gasteiger partial charge in [0.05, 0.1) is 5.75 Å². The second kappa shape index (κ2) is 7.38. The molecule has 24 heavy (non-hydrogen) atoms. The number of benzene rings is 1. The third-order valence-electron chi connectivity index (χ3n) is 4.67. The molecule has 1 aliphatic heterocycles. The Kier molecular flexibility index (Phi) is 5.23. The Morgan fingerprint density at radius 1 is 1.17 bits per heavy atom. The number of carbonyl (C=O) groups is 1. The minimum absolute atomic E-state index is 0.198. The van der Waals surface area contributed by atoms with Gasteiger partial charge < -0.3 is 9.47 Å². The first-order valence-electron chi connectivity index (χ1n) is 8.46. The average Bonchev–Trinajstić information content (AvgIpc) is 2.94. The van der Waals surface area contributed by atoms with Crippen LogP contribution in [0.15, 0.2) is 35.5 Å². The third-order valence-corrected chi connectivity index (χ3v) is 5.68. The second-order valence-corrected chi connectivity index (χ2v) is 7.39. The van der Waals surface area contributed by atoms with Gasteiger partial charge in [-0.3, -0.25) is 4.79 Å². The van der Waals surface area contributed by atoms with E-state index in [-0.39, 0.29) is 5.91 Å². The Labute approximate surface area is 147 Å². The fourth-order valence-electron chi connectivity index (χ4n) is 3.39. The predicted octanol–water partition coefficient (Wildman–Crippen LogP) is 3.36. The maximum atomic E-state index is 12.6. The summed E-state index contributed by atoms with van der Waals surface area (Å²) in [5.74, 6) is 1.43. The van der Waals surface area contributed by atoms with Gasteiger partial charge in [0, 0.05) is 24.7 Å². The molecule has 1 saturated heterocycles. The summed E-state index contributed by atoms with van der Waals surface area (Å²) in [4.78, 5) is 14.7. The normalized spacial score (nSPS) is 21.0. The highest BCUT2D eigenvalue weighted by Gasteiger charge is 2.29. The van der Waals surface area contributed by atoms with Crippen LogP contribution < -0.4 is 0 Å². The van der Waals surface area contributed by atoms with Gasteiger partial charge in [0.15, 0.2) is 11.0 Å². The number of rotatable bonds is 4. The maximum absolute atomic E-state index is 12.6. The van der Waals surface area contributed by atoms with Gasteiger partial charge in [-0.1, -0.05) is 42.1 Å². The molecule has 0 spiro atoms. The van der Waals surface area contributed by atoms with Crippen molar-refractivity contribution >= 4 is 17.7 Å². The molecule has 1 aliphatic rings.